The molecule has 5 aromatic carbocycles. The van der Waals surface area contributed by atoms with E-state index in [4.69, 9.17) is 0 Å². The van der Waals surface area contributed by atoms with Gasteiger partial charge >= 0.3 is 0 Å². The highest BCUT2D eigenvalue weighted by molar-refractivity contribution is 5.66. The van der Waals surface area contributed by atoms with Crippen LogP contribution in [0.15, 0.2) is 183 Å². The van der Waals surface area contributed by atoms with Gasteiger partial charge in [0.05, 0.1) is 0 Å². The van der Waals surface area contributed by atoms with E-state index in [1.807, 2.05) is 0 Å². The van der Waals surface area contributed by atoms with Crippen LogP contribution in [0.3, 0.4) is 0 Å². The fourth-order valence-corrected chi connectivity index (χ4v) is 13.0. The molecular formula is C88H114N5+5. The van der Waals surface area contributed by atoms with Crippen molar-refractivity contribution in [3.05, 3.63) is 266 Å². The molecule has 0 saturated heterocycles. The Labute approximate surface area is 563 Å². The molecule has 486 valence electrons. The molecule has 5 aromatic heterocycles. The van der Waals surface area contributed by atoms with Crippen molar-refractivity contribution in [2.75, 3.05) is 0 Å². The monoisotopic (exact) mass is 1240 g/mol. The van der Waals surface area contributed by atoms with E-state index in [1.54, 1.807) is 5.56 Å². The van der Waals surface area contributed by atoms with Gasteiger partial charge < -0.3 is 0 Å². The van der Waals surface area contributed by atoms with Crippen LogP contribution in [-0.4, -0.2) is 0 Å². The average molecular weight is 1240 g/mol. The first kappa shape index (κ1) is 72.3. The molecule has 1 aliphatic rings. The Balaban J connectivity index is 0.000000166. The van der Waals surface area contributed by atoms with Crippen molar-refractivity contribution in [2.24, 2.45) is 41.2 Å². The Kier molecular flexibility index (Phi) is 26.1. The number of rotatable bonds is 11. The third-order valence-corrected chi connectivity index (χ3v) is 18.7. The summed E-state index contributed by atoms with van der Waals surface area (Å²) < 4.78 is 11.0. The Morgan fingerprint density at radius 1 is 0.333 bits per heavy atom. The minimum absolute atomic E-state index is 0.574. The van der Waals surface area contributed by atoms with Crippen molar-refractivity contribution in [3.8, 4) is 56.3 Å². The van der Waals surface area contributed by atoms with Gasteiger partial charge in [0.2, 0.25) is 28.5 Å². The van der Waals surface area contributed by atoms with Crippen LogP contribution in [-0.2, 0) is 48.1 Å². The summed E-state index contributed by atoms with van der Waals surface area (Å²) >= 11 is 0. The van der Waals surface area contributed by atoms with E-state index in [1.165, 1.54) is 166 Å². The van der Waals surface area contributed by atoms with Gasteiger partial charge in [-0.1, -0.05) is 134 Å². The topological polar surface area (TPSA) is 19.4 Å². The van der Waals surface area contributed by atoms with Crippen molar-refractivity contribution in [1.29, 1.82) is 0 Å². The lowest BCUT2D eigenvalue weighted by molar-refractivity contribution is -0.661. The molecule has 0 N–H and O–H groups in total. The smallest absolute Gasteiger partial charge is 0.201 e. The number of pyridine rings is 5. The fourth-order valence-electron chi connectivity index (χ4n) is 13.0. The first-order chi connectivity index (χ1) is 44.2. The summed E-state index contributed by atoms with van der Waals surface area (Å²) in [5, 5.41) is 0. The summed E-state index contributed by atoms with van der Waals surface area (Å²) in [6.45, 7) is 37.4. The first-order valence-electron chi connectivity index (χ1n) is 34.6. The summed E-state index contributed by atoms with van der Waals surface area (Å²) in [7, 11) is 10.6. The van der Waals surface area contributed by atoms with Gasteiger partial charge in [-0.2, -0.15) is 0 Å². The second kappa shape index (κ2) is 33.6. The summed E-state index contributed by atoms with van der Waals surface area (Å²) in [4.78, 5) is 0. The molecule has 5 nitrogen and oxygen atoms in total. The summed E-state index contributed by atoms with van der Waals surface area (Å²) in [5.74, 6) is 2.66. The zero-order chi connectivity index (χ0) is 67.8. The highest BCUT2D eigenvalue weighted by Gasteiger charge is 2.21. The predicted molar refractivity (Wildman–Crippen MR) is 395 cm³/mol. The van der Waals surface area contributed by atoms with Gasteiger partial charge in [-0.3, -0.25) is 0 Å². The zero-order valence-corrected chi connectivity index (χ0v) is 61.3. The number of nitrogens with zero attached hydrogens (tertiary/aromatic N) is 5. The van der Waals surface area contributed by atoms with E-state index < -0.39 is 0 Å². The second-order valence-electron chi connectivity index (χ2n) is 28.1. The summed E-state index contributed by atoms with van der Waals surface area (Å²) in [6.07, 6.45) is 20.0. The molecule has 0 bridgehead atoms. The third-order valence-electron chi connectivity index (χ3n) is 18.7. The number of hydrogen-bond donors (Lipinski definition) is 0. The van der Waals surface area contributed by atoms with Crippen LogP contribution in [0.5, 0.6) is 0 Å². The number of aryl methyl sites for hydroxylation is 16. The zero-order valence-electron chi connectivity index (χ0n) is 61.3. The molecule has 1 saturated carbocycles. The van der Waals surface area contributed by atoms with Crippen molar-refractivity contribution in [1.82, 2.24) is 0 Å². The quantitative estimate of drug-likeness (QED) is 0.115. The maximum atomic E-state index is 2.43. The van der Waals surface area contributed by atoms with E-state index in [9.17, 15) is 0 Å². The number of hydrogen-bond acceptors (Lipinski definition) is 0. The van der Waals surface area contributed by atoms with E-state index in [0.29, 0.717) is 17.8 Å². The fraction of sp³-hybridized carbons (Fsp3) is 0.375. The van der Waals surface area contributed by atoms with Gasteiger partial charge in [0.1, 0.15) is 35.2 Å². The second-order valence-corrected chi connectivity index (χ2v) is 28.1. The average Bonchev–Trinajstić information content (AvgIpc) is 1.09. The molecule has 0 atom stereocenters. The molecule has 5 heterocycles. The molecule has 1 fully saturated rings. The van der Waals surface area contributed by atoms with Crippen molar-refractivity contribution in [3.63, 3.8) is 0 Å². The highest BCUT2D eigenvalue weighted by Crippen LogP contribution is 2.35. The Bertz CT molecular complexity index is 4130. The molecule has 1 aliphatic carbocycles. The molecule has 93 heavy (non-hydrogen) atoms. The molecular weight excluding hydrogens is 1130 g/mol. The largest absolute Gasteiger partial charge is 0.212 e. The molecule has 0 unspecified atom stereocenters. The molecule has 5 heteroatoms. The molecule has 10 aromatic rings. The van der Waals surface area contributed by atoms with Gasteiger partial charge in [0, 0.05) is 88.0 Å². The van der Waals surface area contributed by atoms with Crippen LogP contribution in [0.25, 0.3) is 56.3 Å². The van der Waals surface area contributed by atoms with E-state index in [2.05, 4.69) is 358 Å². The van der Waals surface area contributed by atoms with Crippen LogP contribution >= 0.6 is 0 Å². The minimum Gasteiger partial charge on any atom is -0.201 e. The van der Waals surface area contributed by atoms with Crippen molar-refractivity contribution in [2.45, 2.75) is 180 Å². The summed E-state index contributed by atoms with van der Waals surface area (Å²) in [6, 6.07) is 56.3. The lowest BCUT2D eigenvalue weighted by Gasteiger charge is -2.22. The van der Waals surface area contributed by atoms with Gasteiger partial charge in [0.25, 0.3) is 0 Å². The van der Waals surface area contributed by atoms with Crippen molar-refractivity contribution < 1.29 is 22.8 Å². The van der Waals surface area contributed by atoms with Crippen LogP contribution in [0.1, 0.15) is 182 Å². The van der Waals surface area contributed by atoms with Gasteiger partial charge in [-0.25, -0.2) is 22.8 Å². The lowest BCUT2D eigenvalue weighted by atomic mass is 9.83. The van der Waals surface area contributed by atoms with Crippen LogP contribution in [0.4, 0.5) is 0 Å². The minimum atomic E-state index is 0.574. The van der Waals surface area contributed by atoms with Crippen molar-refractivity contribution >= 4 is 0 Å². The van der Waals surface area contributed by atoms with Crippen LogP contribution in [0, 0.1) is 75.2 Å². The van der Waals surface area contributed by atoms with Gasteiger partial charge in [0.15, 0.2) is 31.0 Å². The van der Waals surface area contributed by atoms with Gasteiger partial charge in [-0.05, 0) is 227 Å². The number of benzene rings is 5. The molecule has 0 amide bonds. The van der Waals surface area contributed by atoms with Crippen LogP contribution < -0.4 is 22.8 Å². The van der Waals surface area contributed by atoms with E-state index in [0.717, 1.165) is 18.8 Å². The van der Waals surface area contributed by atoms with Crippen LogP contribution in [0.2, 0.25) is 0 Å². The highest BCUT2D eigenvalue weighted by atomic mass is 14.9. The first-order valence-corrected chi connectivity index (χ1v) is 34.6. The lowest BCUT2D eigenvalue weighted by Crippen LogP contribution is -2.31. The summed E-state index contributed by atoms with van der Waals surface area (Å²) in [5.41, 5.74) is 33.6. The number of aromatic nitrogens is 5. The Morgan fingerprint density at radius 3 is 1.10 bits per heavy atom. The maximum Gasteiger partial charge on any atom is 0.212 e. The molecule has 0 aliphatic heterocycles. The Morgan fingerprint density at radius 2 is 0.699 bits per heavy atom. The third kappa shape index (κ3) is 19.9. The molecule has 0 spiro atoms. The van der Waals surface area contributed by atoms with E-state index in [-0.39, 0.29) is 0 Å². The normalized spacial score (nSPS) is 12.1. The van der Waals surface area contributed by atoms with Gasteiger partial charge in [-0.15, -0.1) is 0 Å². The molecule has 0 radical (unpaired) electrons. The van der Waals surface area contributed by atoms with E-state index >= 15 is 0 Å². The molecule has 11 rings (SSSR count). The SMILES string of the molecule is CCc1ccc(-c2cc(C)cc[n+]2C)c(C)c1.Cc1cc(C2CCCCC2)ccc1-c1ccc(C(C)C)c[n+]1C.Cc1cc[n+](C)c(-c2ccc(C(C)C)cc2C)c1.Cc1cc[n+](C)c(-c2ccc(CC(C)C)cc2C)c1.Cc1ccc(-c2cc(C)cc[n+]2C)c(C)c1. The standard InChI is InChI=1S/C22H30N.C18H24N.C17H22N.C16H20N.C15H18N/c1-16(2)20-11-13-22(23(4)15-20)21-12-10-19(14-17(21)3)18-8-6-5-7-9-18;1-13(2)10-16-6-7-17(15(4)12-16)18-11-14(3)8-9-19(18)5;1-12(2)15-6-7-16(14(4)11-15)17-10-13(3)8-9-18(17)5;1-5-14-6-7-15(13(3)11-14)16-10-12(2)8-9-17(16)4;1-11-5-6-14(13(3)9-11)15-10-12(2)7-8-16(15)4/h10-16,18H,5-9H2,1-4H3;6-9,11-13H,10H2,1-5H3;6-12H,1-5H3;6-11H,5H2,1-4H3;5-10H,1-4H3/q5*+1. The Hall–Kier alpha value is -8.15. The predicted octanol–water partition coefficient (Wildman–Crippen LogP) is 20.0. The maximum absolute atomic E-state index is 2.43.